The van der Waals surface area contributed by atoms with E-state index in [-0.39, 0.29) is 0 Å². The van der Waals surface area contributed by atoms with Gasteiger partial charge in [0.2, 0.25) is 0 Å². The lowest BCUT2D eigenvalue weighted by Gasteiger charge is -2.13. The molecule has 0 aliphatic heterocycles. The molecule has 4 heteroatoms. The van der Waals surface area contributed by atoms with E-state index in [0.717, 1.165) is 47.0 Å². The maximum atomic E-state index is 6.07. The number of rotatable bonds is 5. The van der Waals surface area contributed by atoms with Gasteiger partial charge in [-0.3, -0.25) is 0 Å². The van der Waals surface area contributed by atoms with Crippen LogP contribution < -0.4 is 5.32 Å². The standard InChI is InChI=1S/C15H18ClN3/c1-3-6-13-14(11-7-5-8-12(16)9-11)18-10-19-15(13)17-4-2/h5,7-10H,3-4,6H2,1-2H3,(H,17,18,19). The number of aromatic nitrogens is 2. The summed E-state index contributed by atoms with van der Waals surface area (Å²) in [4.78, 5) is 8.78. The molecule has 0 saturated carbocycles. The molecule has 0 aliphatic carbocycles. The average Bonchev–Trinajstić information content (AvgIpc) is 2.41. The largest absolute Gasteiger partial charge is 0.370 e. The summed E-state index contributed by atoms with van der Waals surface area (Å²) >= 11 is 6.07. The molecule has 0 radical (unpaired) electrons. The van der Waals surface area contributed by atoms with Crippen molar-refractivity contribution in [3.8, 4) is 11.3 Å². The number of benzene rings is 1. The molecular formula is C15H18ClN3. The number of hydrogen-bond donors (Lipinski definition) is 1. The van der Waals surface area contributed by atoms with E-state index in [1.54, 1.807) is 6.33 Å². The molecule has 0 amide bonds. The summed E-state index contributed by atoms with van der Waals surface area (Å²) < 4.78 is 0. The maximum absolute atomic E-state index is 6.07. The Morgan fingerprint density at radius 2 is 2.05 bits per heavy atom. The van der Waals surface area contributed by atoms with Crippen molar-refractivity contribution in [3.63, 3.8) is 0 Å². The molecule has 0 bridgehead atoms. The highest BCUT2D eigenvalue weighted by molar-refractivity contribution is 6.30. The number of anilines is 1. The van der Waals surface area contributed by atoms with E-state index >= 15 is 0 Å². The SMILES string of the molecule is CCCc1c(NCC)ncnc1-c1cccc(Cl)c1. The zero-order valence-electron chi connectivity index (χ0n) is 11.3. The fourth-order valence-electron chi connectivity index (χ4n) is 2.10. The van der Waals surface area contributed by atoms with Crippen LogP contribution in [-0.4, -0.2) is 16.5 Å². The Balaban J connectivity index is 2.52. The lowest BCUT2D eigenvalue weighted by atomic mass is 10.0. The van der Waals surface area contributed by atoms with Crippen LogP contribution in [0.25, 0.3) is 11.3 Å². The van der Waals surface area contributed by atoms with Crippen LogP contribution in [0.15, 0.2) is 30.6 Å². The minimum Gasteiger partial charge on any atom is -0.370 e. The Labute approximate surface area is 119 Å². The third-order valence-electron chi connectivity index (χ3n) is 2.89. The van der Waals surface area contributed by atoms with Crippen LogP contribution in [0.2, 0.25) is 5.02 Å². The summed E-state index contributed by atoms with van der Waals surface area (Å²) in [6.07, 6.45) is 3.61. The van der Waals surface area contributed by atoms with Crippen molar-refractivity contribution >= 4 is 17.4 Å². The third kappa shape index (κ3) is 3.24. The summed E-state index contributed by atoms with van der Waals surface area (Å²) in [5.74, 6) is 0.925. The summed E-state index contributed by atoms with van der Waals surface area (Å²) in [6.45, 7) is 5.07. The van der Waals surface area contributed by atoms with Crippen molar-refractivity contribution in [2.75, 3.05) is 11.9 Å². The topological polar surface area (TPSA) is 37.8 Å². The molecule has 0 saturated heterocycles. The van der Waals surface area contributed by atoms with Gasteiger partial charge in [-0.15, -0.1) is 0 Å². The fourth-order valence-corrected chi connectivity index (χ4v) is 2.29. The van der Waals surface area contributed by atoms with Gasteiger partial charge in [0.1, 0.15) is 12.1 Å². The molecule has 2 aromatic rings. The Kier molecular flexibility index (Phi) is 4.74. The second-order valence-electron chi connectivity index (χ2n) is 4.34. The minimum absolute atomic E-state index is 0.726. The van der Waals surface area contributed by atoms with E-state index in [1.165, 1.54) is 0 Å². The summed E-state index contributed by atoms with van der Waals surface area (Å²) in [6, 6.07) is 7.79. The van der Waals surface area contributed by atoms with Crippen LogP contribution >= 0.6 is 11.6 Å². The molecular weight excluding hydrogens is 258 g/mol. The van der Waals surface area contributed by atoms with E-state index in [2.05, 4.69) is 29.1 Å². The third-order valence-corrected chi connectivity index (χ3v) is 3.12. The highest BCUT2D eigenvalue weighted by Gasteiger charge is 2.12. The minimum atomic E-state index is 0.726. The van der Waals surface area contributed by atoms with Gasteiger partial charge in [0.05, 0.1) is 5.69 Å². The van der Waals surface area contributed by atoms with Gasteiger partial charge < -0.3 is 5.32 Å². The van der Waals surface area contributed by atoms with E-state index in [9.17, 15) is 0 Å². The molecule has 1 heterocycles. The van der Waals surface area contributed by atoms with Crippen molar-refractivity contribution in [1.29, 1.82) is 0 Å². The van der Waals surface area contributed by atoms with Gasteiger partial charge in [-0.25, -0.2) is 9.97 Å². The van der Waals surface area contributed by atoms with Crippen LogP contribution in [0, 0.1) is 0 Å². The molecule has 2 rings (SSSR count). The molecule has 1 aromatic heterocycles. The van der Waals surface area contributed by atoms with Gasteiger partial charge in [-0.1, -0.05) is 37.1 Å². The second kappa shape index (κ2) is 6.53. The molecule has 1 aromatic carbocycles. The maximum Gasteiger partial charge on any atom is 0.133 e. The number of halogens is 1. The molecule has 0 fully saturated rings. The predicted octanol–water partition coefficient (Wildman–Crippen LogP) is 4.18. The van der Waals surface area contributed by atoms with Gasteiger partial charge in [0.25, 0.3) is 0 Å². The van der Waals surface area contributed by atoms with Gasteiger partial charge >= 0.3 is 0 Å². The smallest absolute Gasteiger partial charge is 0.133 e. The molecule has 3 nitrogen and oxygen atoms in total. The van der Waals surface area contributed by atoms with Crippen LogP contribution in [0.3, 0.4) is 0 Å². The molecule has 0 aliphatic rings. The van der Waals surface area contributed by atoms with Crippen molar-refractivity contribution < 1.29 is 0 Å². The van der Waals surface area contributed by atoms with Crippen LogP contribution in [-0.2, 0) is 6.42 Å². The van der Waals surface area contributed by atoms with Gasteiger partial charge in [-0.2, -0.15) is 0 Å². The first-order valence-corrected chi connectivity index (χ1v) is 6.97. The van der Waals surface area contributed by atoms with Crippen LogP contribution in [0.1, 0.15) is 25.8 Å². The zero-order chi connectivity index (χ0) is 13.7. The molecule has 0 spiro atoms. The average molecular weight is 276 g/mol. The highest BCUT2D eigenvalue weighted by Crippen LogP contribution is 2.28. The van der Waals surface area contributed by atoms with Crippen molar-refractivity contribution in [3.05, 3.63) is 41.2 Å². The monoisotopic (exact) mass is 275 g/mol. The summed E-state index contributed by atoms with van der Waals surface area (Å²) in [5, 5.41) is 4.03. The lowest BCUT2D eigenvalue weighted by molar-refractivity contribution is 0.902. The first-order chi connectivity index (χ1) is 9.26. The Morgan fingerprint density at radius 3 is 2.74 bits per heavy atom. The van der Waals surface area contributed by atoms with E-state index in [4.69, 9.17) is 11.6 Å². The van der Waals surface area contributed by atoms with E-state index < -0.39 is 0 Å². The fraction of sp³-hybridized carbons (Fsp3) is 0.333. The molecule has 19 heavy (non-hydrogen) atoms. The molecule has 100 valence electrons. The van der Waals surface area contributed by atoms with Gasteiger partial charge in [-0.05, 0) is 25.5 Å². The van der Waals surface area contributed by atoms with Gasteiger partial charge in [0, 0.05) is 22.7 Å². The Morgan fingerprint density at radius 1 is 1.21 bits per heavy atom. The summed E-state index contributed by atoms with van der Waals surface area (Å²) in [5.41, 5.74) is 3.17. The quantitative estimate of drug-likeness (QED) is 0.889. The van der Waals surface area contributed by atoms with Crippen LogP contribution in [0.4, 0.5) is 5.82 Å². The van der Waals surface area contributed by atoms with Crippen molar-refractivity contribution in [1.82, 2.24) is 9.97 Å². The number of hydrogen-bond acceptors (Lipinski definition) is 3. The first-order valence-electron chi connectivity index (χ1n) is 6.60. The van der Waals surface area contributed by atoms with Crippen molar-refractivity contribution in [2.45, 2.75) is 26.7 Å². The number of nitrogens with one attached hydrogen (secondary N) is 1. The molecule has 0 unspecified atom stereocenters. The predicted molar refractivity (Wildman–Crippen MR) is 80.6 cm³/mol. The summed E-state index contributed by atoms with van der Waals surface area (Å²) in [7, 11) is 0. The van der Waals surface area contributed by atoms with Crippen LogP contribution in [0.5, 0.6) is 0 Å². The normalized spacial score (nSPS) is 10.5. The molecule has 0 atom stereocenters. The van der Waals surface area contributed by atoms with E-state index in [1.807, 2.05) is 24.3 Å². The Bertz CT molecular complexity index is 555. The Hall–Kier alpha value is -1.61. The lowest BCUT2D eigenvalue weighted by Crippen LogP contribution is -2.06. The van der Waals surface area contributed by atoms with Crippen molar-refractivity contribution in [2.24, 2.45) is 0 Å². The molecule has 1 N–H and O–H groups in total. The van der Waals surface area contributed by atoms with Gasteiger partial charge in [0.15, 0.2) is 0 Å². The second-order valence-corrected chi connectivity index (χ2v) is 4.78. The zero-order valence-corrected chi connectivity index (χ0v) is 12.0. The number of nitrogens with zero attached hydrogens (tertiary/aromatic N) is 2. The highest BCUT2D eigenvalue weighted by atomic mass is 35.5. The van der Waals surface area contributed by atoms with E-state index in [0.29, 0.717) is 0 Å². The first kappa shape index (κ1) is 13.8.